The maximum atomic E-state index is 11.4. The summed E-state index contributed by atoms with van der Waals surface area (Å²) in [6.45, 7) is 1.03. The highest BCUT2D eigenvalue weighted by Crippen LogP contribution is 1.99. The summed E-state index contributed by atoms with van der Waals surface area (Å²) in [4.78, 5) is 11.4. The first-order valence-electron chi connectivity index (χ1n) is 4.81. The molecule has 0 aliphatic rings. The number of carbonyl (C=O) groups excluding carboxylic acids is 1. The third-order valence-corrected chi connectivity index (χ3v) is 1.97. The molecule has 1 atom stereocenters. The molecule has 5 N–H and O–H groups in total. The Balaban J connectivity index is 2.37. The maximum Gasteiger partial charge on any atom is 0.241 e. The Kier molecular flexibility index (Phi) is 3.86. The molecular weight excluding hydrogens is 212 g/mol. The van der Waals surface area contributed by atoms with Gasteiger partial charge in [0.05, 0.1) is 18.5 Å². The zero-order valence-corrected chi connectivity index (χ0v) is 9.05. The molecule has 0 aliphatic carbocycles. The van der Waals surface area contributed by atoms with E-state index in [4.69, 9.17) is 10.8 Å². The number of nitrogens with two attached hydrogens (primary N) is 1. The van der Waals surface area contributed by atoms with Gasteiger partial charge in [-0.15, -0.1) is 0 Å². The number of anilines is 1. The van der Waals surface area contributed by atoms with E-state index in [0.29, 0.717) is 5.69 Å². The maximum absolute atomic E-state index is 11.4. The van der Waals surface area contributed by atoms with Crippen molar-refractivity contribution in [3.05, 3.63) is 12.4 Å². The lowest BCUT2D eigenvalue weighted by Gasteiger charge is -2.20. The van der Waals surface area contributed by atoms with Crippen molar-refractivity contribution in [3.63, 3.8) is 0 Å². The molecule has 0 radical (unpaired) electrons. The van der Waals surface area contributed by atoms with Crippen LogP contribution in [0, 0.1) is 0 Å². The van der Waals surface area contributed by atoms with Crippen LogP contribution >= 0.6 is 0 Å². The molecule has 1 heterocycles. The van der Waals surface area contributed by atoms with E-state index in [1.165, 1.54) is 24.0 Å². The SMILES string of the molecule is CC(O)(CO)CNC(=O)Cn1cc(N)cn1. The minimum atomic E-state index is -1.31. The number of amides is 1. The first-order chi connectivity index (χ1) is 7.43. The van der Waals surface area contributed by atoms with Crippen molar-refractivity contribution >= 4 is 11.6 Å². The molecule has 1 aromatic heterocycles. The zero-order chi connectivity index (χ0) is 12.2. The highest BCUT2D eigenvalue weighted by Gasteiger charge is 2.19. The van der Waals surface area contributed by atoms with Crippen LogP contribution in [0.4, 0.5) is 5.69 Å². The van der Waals surface area contributed by atoms with Crippen LogP contribution in [0.1, 0.15) is 6.92 Å². The summed E-state index contributed by atoms with van der Waals surface area (Å²) in [5, 5.41) is 24.5. The van der Waals surface area contributed by atoms with Crippen LogP contribution in [0.2, 0.25) is 0 Å². The van der Waals surface area contributed by atoms with Crippen LogP contribution in [0.15, 0.2) is 12.4 Å². The number of aromatic nitrogens is 2. The van der Waals surface area contributed by atoms with Gasteiger partial charge in [-0.05, 0) is 6.92 Å². The number of aliphatic hydroxyl groups excluding tert-OH is 1. The lowest BCUT2D eigenvalue weighted by atomic mass is 10.1. The van der Waals surface area contributed by atoms with Crippen molar-refractivity contribution in [2.75, 3.05) is 18.9 Å². The molecule has 0 fully saturated rings. The molecule has 90 valence electrons. The number of nitrogens with one attached hydrogen (secondary N) is 1. The topological polar surface area (TPSA) is 113 Å². The second-order valence-electron chi connectivity index (χ2n) is 3.90. The van der Waals surface area contributed by atoms with Crippen LogP contribution < -0.4 is 11.1 Å². The lowest BCUT2D eigenvalue weighted by Crippen LogP contribution is -2.44. The van der Waals surface area contributed by atoms with Crippen molar-refractivity contribution in [1.29, 1.82) is 0 Å². The Hall–Kier alpha value is -1.60. The average molecular weight is 228 g/mol. The predicted octanol–water partition coefficient (Wildman–Crippen LogP) is -1.68. The Morgan fingerprint density at radius 2 is 2.44 bits per heavy atom. The number of carbonyl (C=O) groups is 1. The van der Waals surface area contributed by atoms with Gasteiger partial charge in [0.1, 0.15) is 12.1 Å². The molecule has 1 amide bonds. The Bertz CT molecular complexity index is 361. The van der Waals surface area contributed by atoms with Gasteiger partial charge in [-0.1, -0.05) is 0 Å². The van der Waals surface area contributed by atoms with E-state index in [1.54, 1.807) is 0 Å². The number of nitrogens with zero attached hydrogens (tertiary/aromatic N) is 2. The number of hydrogen-bond donors (Lipinski definition) is 4. The fourth-order valence-corrected chi connectivity index (χ4v) is 1.01. The van der Waals surface area contributed by atoms with Gasteiger partial charge in [0, 0.05) is 12.7 Å². The molecule has 0 aromatic carbocycles. The van der Waals surface area contributed by atoms with Gasteiger partial charge in [-0.2, -0.15) is 5.10 Å². The van der Waals surface area contributed by atoms with Gasteiger partial charge in [0.2, 0.25) is 5.91 Å². The van der Waals surface area contributed by atoms with Gasteiger partial charge in [0.15, 0.2) is 0 Å². The Morgan fingerprint density at radius 3 is 2.94 bits per heavy atom. The average Bonchev–Trinajstić information content (AvgIpc) is 2.61. The van der Waals surface area contributed by atoms with Crippen LogP contribution in [-0.2, 0) is 11.3 Å². The standard InChI is InChI=1S/C9H16N4O3/c1-9(16,6-14)5-11-8(15)4-13-3-7(10)2-12-13/h2-3,14,16H,4-6,10H2,1H3,(H,11,15). The fraction of sp³-hybridized carbons (Fsp3) is 0.556. The molecule has 1 unspecified atom stereocenters. The van der Waals surface area contributed by atoms with Gasteiger partial charge in [-0.3, -0.25) is 9.48 Å². The fourth-order valence-electron chi connectivity index (χ4n) is 1.01. The summed E-state index contributed by atoms with van der Waals surface area (Å²) in [7, 11) is 0. The molecule has 1 rings (SSSR count). The van der Waals surface area contributed by atoms with Crippen LogP contribution in [0.5, 0.6) is 0 Å². The molecule has 0 spiro atoms. The molecule has 7 nitrogen and oxygen atoms in total. The van der Waals surface area contributed by atoms with Gasteiger partial charge in [0.25, 0.3) is 0 Å². The van der Waals surface area contributed by atoms with Crippen molar-refractivity contribution < 1.29 is 15.0 Å². The molecule has 0 bridgehead atoms. The normalized spacial score (nSPS) is 14.4. The number of rotatable bonds is 5. The summed E-state index contributed by atoms with van der Waals surface area (Å²) in [5.41, 5.74) is 4.61. The third kappa shape index (κ3) is 3.87. The summed E-state index contributed by atoms with van der Waals surface area (Å²) in [5.74, 6) is -0.308. The minimum absolute atomic E-state index is 0.0148. The van der Waals surface area contributed by atoms with Crippen LogP contribution in [-0.4, -0.2) is 44.7 Å². The van der Waals surface area contributed by atoms with Crippen molar-refractivity contribution in [2.45, 2.75) is 19.1 Å². The second kappa shape index (κ2) is 4.95. The van der Waals surface area contributed by atoms with Gasteiger partial charge >= 0.3 is 0 Å². The smallest absolute Gasteiger partial charge is 0.241 e. The van der Waals surface area contributed by atoms with Gasteiger partial charge in [-0.25, -0.2) is 0 Å². The highest BCUT2D eigenvalue weighted by molar-refractivity contribution is 5.75. The largest absolute Gasteiger partial charge is 0.396 e. The Morgan fingerprint density at radius 1 is 1.75 bits per heavy atom. The molecule has 0 saturated heterocycles. The van der Waals surface area contributed by atoms with Crippen molar-refractivity contribution in [3.8, 4) is 0 Å². The van der Waals surface area contributed by atoms with Crippen molar-refractivity contribution in [2.24, 2.45) is 0 Å². The van der Waals surface area contributed by atoms with E-state index in [0.717, 1.165) is 0 Å². The first kappa shape index (κ1) is 12.5. The molecule has 1 aromatic rings. The first-order valence-corrected chi connectivity index (χ1v) is 4.81. The van der Waals surface area contributed by atoms with E-state index in [9.17, 15) is 9.90 Å². The number of aliphatic hydroxyl groups is 2. The summed E-state index contributed by atoms with van der Waals surface area (Å²) < 4.78 is 1.39. The molecule has 7 heteroatoms. The predicted molar refractivity (Wildman–Crippen MR) is 57.4 cm³/mol. The molecule has 16 heavy (non-hydrogen) atoms. The van der Waals surface area contributed by atoms with E-state index < -0.39 is 12.2 Å². The van der Waals surface area contributed by atoms with Crippen molar-refractivity contribution in [1.82, 2.24) is 15.1 Å². The van der Waals surface area contributed by atoms with E-state index in [-0.39, 0.29) is 19.0 Å². The lowest BCUT2D eigenvalue weighted by molar-refractivity contribution is -0.123. The summed E-state index contributed by atoms with van der Waals surface area (Å²) >= 11 is 0. The summed E-state index contributed by atoms with van der Waals surface area (Å²) in [6, 6.07) is 0. The highest BCUT2D eigenvalue weighted by atomic mass is 16.3. The molecule has 0 saturated carbocycles. The monoisotopic (exact) mass is 228 g/mol. The number of hydrogen-bond acceptors (Lipinski definition) is 5. The van der Waals surface area contributed by atoms with E-state index in [2.05, 4.69) is 10.4 Å². The minimum Gasteiger partial charge on any atom is -0.396 e. The second-order valence-corrected chi connectivity index (χ2v) is 3.90. The van der Waals surface area contributed by atoms with Crippen LogP contribution in [0.25, 0.3) is 0 Å². The molecule has 0 aliphatic heterocycles. The van der Waals surface area contributed by atoms with Crippen LogP contribution in [0.3, 0.4) is 0 Å². The summed E-state index contributed by atoms with van der Waals surface area (Å²) in [6.07, 6.45) is 2.97. The van der Waals surface area contributed by atoms with E-state index >= 15 is 0 Å². The Labute approximate surface area is 92.9 Å². The quantitative estimate of drug-likeness (QED) is 0.481. The zero-order valence-electron chi connectivity index (χ0n) is 9.05. The number of nitrogen functional groups attached to an aromatic ring is 1. The third-order valence-electron chi connectivity index (χ3n) is 1.97. The molecular formula is C9H16N4O3. The van der Waals surface area contributed by atoms with E-state index in [1.807, 2.05) is 0 Å². The van der Waals surface area contributed by atoms with Gasteiger partial charge < -0.3 is 21.3 Å².